The lowest BCUT2D eigenvalue weighted by Crippen LogP contribution is -2.39. The molecule has 0 aliphatic carbocycles. The molecule has 0 saturated heterocycles. The quantitative estimate of drug-likeness (QED) is 0.664. The number of nitriles is 1. The Labute approximate surface area is 176 Å². The largest absolute Gasteiger partial charge is 0.497 e. The van der Waals surface area contributed by atoms with Crippen molar-refractivity contribution in [3.63, 3.8) is 0 Å². The number of amides is 1. The molecule has 0 spiro atoms. The third-order valence-electron chi connectivity index (χ3n) is 4.20. The number of halogens is 2. The molecule has 0 bridgehead atoms. The predicted octanol–water partition coefficient (Wildman–Crippen LogP) is 4.87. The number of hydrogen-bond donors (Lipinski definition) is 1. The van der Waals surface area contributed by atoms with Gasteiger partial charge in [-0.15, -0.1) is 0 Å². The maximum Gasteiger partial charge on any atom is 0.261 e. The molecule has 1 amide bonds. The molecular formula is C23H28F2N2O3. The van der Waals surface area contributed by atoms with Gasteiger partial charge in [-0.05, 0) is 60.7 Å². The second-order valence-electron chi connectivity index (χ2n) is 6.99. The minimum Gasteiger partial charge on any atom is -0.497 e. The number of carbonyl (C=O) groups excluding carboxylic acids is 1. The van der Waals surface area contributed by atoms with Crippen molar-refractivity contribution >= 4 is 5.91 Å². The van der Waals surface area contributed by atoms with Crippen LogP contribution in [0.15, 0.2) is 42.5 Å². The average Bonchev–Trinajstić information content (AvgIpc) is 2.72. The number of methoxy groups -OCH3 is 1. The van der Waals surface area contributed by atoms with Crippen LogP contribution in [-0.2, 0) is 11.3 Å². The van der Waals surface area contributed by atoms with Gasteiger partial charge >= 0.3 is 0 Å². The van der Waals surface area contributed by atoms with E-state index < -0.39 is 13.0 Å². The van der Waals surface area contributed by atoms with Gasteiger partial charge in [0.15, 0.2) is 6.10 Å². The molecule has 2 rings (SSSR count). The van der Waals surface area contributed by atoms with Gasteiger partial charge in [-0.25, -0.2) is 8.78 Å². The summed E-state index contributed by atoms with van der Waals surface area (Å²) >= 11 is 0. The smallest absolute Gasteiger partial charge is 0.261 e. The van der Waals surface area contributed by atoms with Gasteiger partial charge in [0, 0.05) is 6.54 Å². The van der Waals surface area contributed by atoms with E-state index in [-0.39, 0.29) is 5.91 Å². The molecule has 0 saturated carbocycles. The number of alkyl halides is 2. The molecule has 2 aromatic carbocycles. The van der Waals surface area contributed by atoms with Crippen molar-refractivity contribution in [2.75, 3.05) is 14.0 Å². The van der Waals surface area contributed by atoms with Crippen LogP contribution in [-0.4, -0.2) is 26.0 Å². The highest BCUT2D eigenvalue weighted by Crippen LogP contribution is 2.20. The van der Waals surface area contributed by atoms with Gasteiger partial charge in [0.1, 0.15) is 11.5 Å². The Hall–Kier alpha value is -3.14. The summed E-state index contributed by atoms with van der Waals surface area (Å²) in [4.78, 5) is 12.7. The molecule has 0 aromatic heterocycles. The molecule has 1 N–H and O–H groups in total. The van der Waals surface area contributed by atoms with Gasteiger partial charge in [-0.3, -0.25) is 4.79 Å². The first kappa shape index (κ1) is 24.9. The van der Waals surface area contributed by atoms with Crippen LogP contribution < -0.4 is 14.8 Å². The number of benzene rings is 2. The normalized spacial score (nSPS) is 11.0. The summed E-state index contributed by atoms with van der Waals surface area (Å²) in [6, 6.07) is 14.9. The van der Waals surface area contributed by atoms with Gasteiger partial charge in [0.2, 0.25) is 6.93 Å². The van der Waals surface area contributed by atoms with Crippen LogP contribution >= 0.6 is 0 Å². The third-order valence-corrected chi connectivity index (χ3v) is 4.20. The van der Waals surface area contributed by atoms with Crippen LogP contribution in [0.4, 0.5) is 8.78 Å². The molecule has 7 heteroatoms. The van der Waals surface area contributed by atoms with E-state index in [2.05, 4.69) is 25.2 Å². The van der Waals surface area contributed by atoms with Crippen LogP contribution in [0.3, 0.4) is 0 Å². The van der Waals surface area contributed by atoms with E-state index in [1.54, 1.807) is 25.3 Å². The van der Waals surface area contributed by atoms with Crippen molar-refractivity contribution in [1.82, 2.24) is 5.32 Å². The molecule has 0 fully saturated rings. The summed E-state index contributed by atoms with van der Waals surface area (Å²) in [7, 11) is 1.62. The van der Waals surface area contributed by atoms with Crippen LogP contribution in [0.2, 0.25) is 0 Å². The lowest BCUT2D eigenvalue weighted by atomic mass is 10.0. The van der Waals surface area contributed by atoms with Crippen LogP contribution in [0.25, 0.3) is 0 Å². The van der Waals surface area contributed by atoms with E-state index >= 15 is 0 Å². The van der Waals surface area contributed by atoms with Crippen LogP contribution in [0.1, 0.15) is 37.0 Å². The molecule has 0 heterocycles. The van der Waals surface area contributed by atoms with Crippen molar-refractivity contribution in [2.24, 2.45) is 5.92 Å². The highest BCUT2D eigenvalue weighted by Gasteiger charge is 2.22. The van der Waals surface area contributed by atoms with Gasteiger partial charge in [-0.2, -0.15) is 5.26 Å². The number of nitrogens with one attached hydrogen (secondary N) is 1. The SMILES string of the molecule is COc1ccc(CNC(=O)C(CC(C)C)Oc2ccc(C#N)c(C)c2)cc1.FCF. The molecule has 0 aliphatic rings. The van der Waals surface area contributed by atoms with Crippen LogP contribution in [0, 0.1) is 24.2 Å². The minimum atomic E-state index is -1.75. The topological polar surface area (TPSA) is 71.3 Å². The molecule has 5 nitrogen and oxygen atoms in total. The molecule has 30 heavy (non-hydrogen) atoms. The molecule has 1 atom stereocenters. The Morgan fingerprint density at radius 1 is 1.13 bits per heavy atom. The molecule has 1 unspecified atom stereocenters. The molecule has 0 aliphatic heterocycles. The maximum absolute atomic E-state index is 12.7. The summed E-state index contributed by atoms with van der Waals surface area (Å²) in [6.45, 7) is 4.63. The zero-order chi connectivity index (χ0) is 22.5. The number of rotatable bonds is 8. The number of aryl methyl sites for hydroxylation is 1. The van der Waals surface area contributed by atoms with Crippen molar-refractivity contribution in [2.45, 2.75) is 39.8 Å². The summed E-state index contributed by atoms with van der Waals surface area (Å²) in [6.07, 6.45) is 0.0172. The zero-order valence-electron chi connectivity index (χ0n) is 17.7. The van der Waals surface area contributed by atoms with Gasteiger partial charge in [-0.1, -0.05) is 26.0 Å². The second-order valence-corrected chi connectivity index (χ2v) is 6.99. The first-order chi connectivity index (χ1) is 14.3. The predicted molar refractivity (Wildman–Crippen MR) is 112 cm³/mol. The van der Waals surface area contributed by atoms with E-state index in [1.165, 1.54) is 0 Å². The molecule has 0 radical (unpaired) electrons. The van der Waals surface area contributed by atoms with Gasteiger partial charge < -0.3 is 14.8 Å². The van der Waals surface area contributed by atoms with Crippen molar-refractivity contribution in [3.05, 3.63) is 59.2 Å². The first-order valence-electron chi connectivity index (χ1n) is 9.54. The summed E-state index contributed by atoms with van der Waals surface area (Å²) in [5, 5.41) is 12.0. The standard InChI is InChI=1S/C22H26N2O3.CH2F2/c1-15(2)11-21(27-20-10-7-18(13-23)16(3)12-20)22(25)24-14-17-5-8-19(26-4)9-6-17;2-1-3/h5-10,12,15,21H,11,14H2,1-4H3,(H,24,25);1H2. The third kappa shape index (κ3) is 8.48. The Balaban J connectivity index is 0.00000141. The molecule has 2 aromatic rings. The number of hydrogen-bond acceptors (Lipinski definition) is 4. The highest BCUT2D eigenvalue weighted by molar-refractivity contribution is 5.81. The summed E-state index contributed by atoms with van der Waals surface area (Å²) in [5.74, 6) is 1.53. The fraction of sp³-hybridized carbons (Fsp3) is 0.391. The maximum atomic E-state index is 12.7. The lowest BCUT2D eigenvalue weighted by molar-refractivity contribution is -0.128. The Morgan fingerprint density at radius 2 is 1.73 bits per heavy atom. The number of carbonyl (C=O) groups is 1. The Kier molecular flexibility index (Phi) is 10.9. The second kappa shape index (κ2) is 13.2. The summed E-state index contributed by atoms with van der Waals surface area (Å²) in [5.41, 5.74) is 2.42. The van der Waals surface area contributed by atoms with Crippen molar-refractivity contribution in [3.8, 4) is 17.6 Å². The lowest BCUT2D eigenvalue weighted by Gasteiger charge is -2.21. The van der Waals surface area contributed by atoms with E-state index in [9.17, 15) is 13.6 Å². The average molecular weight is 418 g/mol. The van der Waals surface area contributed by atoms with Gasteiger partial charge in [0.25, 0.3) is 5.91 Å². The first-order valence-corrected chi connectivity index (χ1v) is 9.54. The Morgan fingerprint density at radius 3 is 2.23 bits per heavy atom. The van der Waals surface area contributed by atoms with E-state index in [1.807, 2.05) is 31.2 Å². The van der Waals surface area contributed by atoms with E-state index in [0.717, 1.165) is 16.9 Å². The van der Waals surface area contributed by atoms with Crippen molar-refractivity contribution in [1.29, 1.82) is 5.26 Å². The fourth-order valence-electron chi connectivity index (χ4n) is 2.68. The van der Waals surface area contributed by atoms with E-state index in [4.69, 9.17) is 14.7 Å². The molecule has 162 valence electrons. The van der Waals surface area contributed by atoms with Gasteiger partial charge in [0.05, 0.1) is 18.7 Å². The zero-order valence-corrected chi connectivity index (χ0v) is 17.7. The van der Waals surface area contributed by atoms with E-state index in [0.29, 0.717) is 30.2 Å². The number of ether oxygens (including phenoxy) is 2. The monoisotopic (exact) mass is 418 g/mol. The van der Waals surface area contributed by atoms with Crippen molar-refractivity contribution < 1.29 is 23.0 Å². The minimum absolute atomic E-state index is 0.151. The highest BCUT2D eigenvalue weighted by atomic mass is 19.3. The fourth-order valence-corrected chi connectivity index (χ4v) is 2.68. The molecular weight excluding hydrogens is 390 g/mol. The Bertz CT molecular complexity index is 833. The number of nitrogens with zero attached hydrogens (tertiary/aromatic N) is 1. The van der Waals surface area contributed by atoms with Crippen LogP contribution in [0.5, 0.6) is 11.5 Å². The summed E-state index contributed by atoms with van der Waals surface area (Å²) < 4.78 is 30.3.